The van der Waals surface area contributed by atoms with E-state index in [4.69, 9.17) is 0 Å². The van der Waals surface area contributed by atoms with Crippen molar-refractivity contribution in [1.82, 2.24) is 29.7 Å². The van der Waals surface area contributed by atoms with Gasteiger partial charge in [0.15, 0.2) is 5.82 Å². The Morgan fingerprint density at radius 3 is 2.96 bits per heavy atom. The van der Waals surface area contributed by atoms with Crippen molar-refractivity contribution in [1.29, 1.82) is 0 Å². The third kappa shape index (κ3) is 3.36. The van der Waals surface area contributed by atoms with Gasteiger partial charge in [-0.15, -0.1) is 0 Å². The molecule has 0 aromatic carbocycles. The van der Waals surface area contributed by atoms with Gasteiger partial charge in [-0.2, -0.15) is 0 Å². The summed E-state index contributed by atoms with van der Waals surface area (Å²) < 4.78 is 0. The second kappa shape index (κ2) is 6.93. The smallest absolute Gasteiger partial charge is 0.289 e. The first kappa shape index (κ1) is 16.8. The number of amides is 2. The number of likely N-dealkylation sites (tertiary alicyclic amines) is 2. The predicted octanol–water partition coefficient (Wildman–Crippen LogP) is 1.22. The van der Waals surface area contributed by atoms with Crippen molar-refractivity contribution >= 4 is 11.8 Å². The first-order valence-electron chi connectivity index (χ1n) is 9.19. The van der Waals surface area contributed by atoms with Crippen molar-refractivity contribution in [2.75, 3.05) is 26.2 Å². The molecule has 138 valence electrons. The maximum absolute atomic E-state index is 12.7. The van der Waals surface area contributed by atoms with Crippen LogP contribution in [0.1, 0.15) is 42.0 Å². The van der Waals surface area contributed by atoms with Crippen LogP contribution in [0.3, 0.4) is 0 Å². The molecule has 0 saturated carbocycles. The molecule has 0 bridgehead atoms. The van der Waals surface area contributed by atoms with Gasteiger partial charge in [-0.05, 0) is 19.3 Å². The Labute approximate surface area is 152 Å². The van der Waals surface area contributed by atoms with Gasteiger partial charge in [0.1, 0.15) is 0 Å². The number of nitrogens with one attached hydrogen (secondary N) is 2. The van der Waals surface area contributed by atoms with Crippen LogP contribution in [-0.4, -0.2) is 67.7 Å². The van der Waals surface area contributed by atoms with E-state index in [2.05, 4.69) is 19.9 Å². The van der Waals surface area contributed by atoms with Crippen LogP contribution in [0.5, 0.6) is 0 Å². The number of imidazole rings is 2. The average molecular weight is 356 g/mol. The van der Waals surface area contributed by atoms with E-state index in [0.717, 1.165) is 44.5 Å². The molecule has 2 aliphatic heterocycles. The molecular formula is C18H24N6O2. The number of carbonyl (C=O) groups is 2. The summed E-state index contributed by atoms with van der Waals surface area (Å²) in [5.41, 5.74) is 1.04. The Morgan fingerprint density at radius 2 is 2.19 bits per heavy atom. The number of hydrogen-bond acceptors (Lipinski definition) is 4. The normalized spacial score (nSPS) is 23.6. The van der Waals surface area contributed by atoms with Gasteiger partial charge in [-0.3, -0.25) is 9.59 Å². The molecule has 8 nitrogen and oxygen atoms in total. The van der Waals surface area contributed by atoms with Crippen LogP contribution in [0.4, 0.5) is 0 Å². The Balaban J connectivity index is 1.43. The van der Waals surface area contributed by atoms with Crippen molar-refractivity contribution < 1.29 is 9.59 Å². The van der Waals surface area contributed by atoms with E-state index >= 15 is 0 Å². The summed E-state index contributed by atoms with van der Waals surface area (Å²) in [6, 6.07) is 0. The molecule has 1 atom stereocenters. The fourth-order valence-electron chi connectivity index (χ4n) is 4.23. The third-order valence-corrected chi connectivity index (χ3v) is 5.60. The van der Waals surface area contributed by atoms with Crippen LogP contribution in [0.25, 0.3) is 0 Å². The Hall–Kier alpha value is -2.64. The lowest BCUT2D eigenvalue weighted by Gasteiger charge is -2.48. The molecule has 1 spiro atoms. The van der Waals surface area contributed by atoms with Crippen LogP contribution >= 0.6 is 0 Å². The molecule has 2 aromatic heterocycles. The van der Waals surface area contributed by atoms with E-state index in [1.807, 2.05) is 9.80 Å². The number of H-pyrrole nitrogens is 2. The highest BCUT2D eigenvalue weighted by Gasteiger charge is 2.42. The second-order valence-corrected chi connectivity index (χ2v) is 7.41. The SMILES string of the molecule is O=C1CC[C@]2(CCCN(C(=O)c3ncc[nH]3)C2)CN1CCc1cnc[nH]1. The van der Waals surface area contributed by atoms with Crippen LogP contribution in [0, 0.1) is 5.41 Å². The first-order chi connectivity index (χ1) is 12.7. The van der Waals surface area contributed by atoms with Gasteiger partial charge in [0.05, 0.1) is 6.33 Å². The summed E-state index contributed by atoms with van der Waals surface area (Å²) >= 11 is 0. The average Bonchev–Trinajstić information content (AvgIpc) is 3.36. The van der Waals surface area contributed by atoms with E-state index < -0.39 is 0 Å². The van der Waals surface area contributed by atoms with Gasteiger partial charge in [-0.1, -0.05) is 0 Å². The Kier molecular flexibility index (Phi) is 4.48. The molecule has 2 saturated heterocycles. The summed E-state index contributed by atoms with van der Waals surface area (Å²) in [5.74, 6) is 0.560. The van der Waals surface area contributed by atoms with Crippen LogP contribution in [0.15, 0.2) is 24.9 Å². The molecule has 2 amide bonds. The minimum atomic E-state index is -0.0463. The molecule has 0 unspecified atom stereocenters. The maximum atomic E-state index is 12.7. The molecule has 4 heterocycles. The van der Waals surface area contributed by atoms with Gasteiger partial charge in [0, 0.05) is 68.7 Å². The number of piperidine rings is 2. The van der Waals surface area contributed by atoms with E-state index in [1.54, 1.807) is 24.9 Å². The van der Waals surface area contributed by atoms with Crippen molar-refractivity contribution in [3.63, 3.8) is 0 Å². The van der Waals surface area contributed by atoms with Crippen LogP contribution < -0.4 is 0 Å². The first-order valence-corrected chi connectivity index (χ1v) is 9.19. The van der Waals surface area contributed by atoms with Gasteiger partial charge in [0.25, 0.3) is 5.91 Å². The summed E-state index contributed by atoms with van der Waals surface area (Å²) in [5, 5.41) is 0. The molecule has 4 rings (SSSR count). The molecular weight excluding hydrogens is 332 g/mol. The van der Waals surface area contributed by atoms with Crippen molar-refractivity contribution in [3.8, 4) is 0 Å². The monoisotopic (exact) mass is 356 g/mol. The maximum Gasteiger partial charge on any atom is 0.289 e. The van der Waals surface area contributed by atoms with Crippen LogP contribution in [-0.2, 0) is 11.2 Å². The van der Waals surface area contributed by atoms with Gasteiger partial charge < -0.3 is 19.8 Å². The van der Waals surface area contributed by atoms with Crippen LogP contribution in [0.2, 0.25) is 0 Å². The van der Waals surface area contributed by atoms with Crippen molar-refractivity contribution in [3.05, 3.63) is 36.4 Å². The largest absolute Gasteiger partial charge is 0.348 e. The molecule has 0 aliphatic carbocycles. The van der Waals surface area contributed by atoms with E-state index in [0.29, 0.717) is 25.3 Å². The number of carbonyl (C=O) groups excluding carboxylic acids is 2. The molecule has 0 radical (unpaired) electrons. The van der Waals surface area contributed by atoms with E-state index in [9.17, 15) is 9.59 Å². The van der Waals surface area contributed by atoms with Gasteiger partial charge >= 0.3 is 0 Å². The second-order valence-electron chi connectivity index (χ2n) is 7.41. The molecule has 2 fully saturated rings. The third-order valence-electron chi connectivity index (χ3n) is 5.60. The van der Waals surface area contributed by atoms with Gasteiger partial charge in [-0.25, -0.2) is 9.97 Å². The lowest BCUT2D eigenvalue weighted by atomic mass is 9.73. The minimum Gasteiger partial charge on any atom is -0.348 e. The molecule has 8 heteroatoms. The van der Waals surface area contributed by atoms with E-state index in [-0.39, 0.29) is 17.2 Å². The number of nitrogens with zero attached hydrogens (tertiary/aromatic N) is 4. The Bertz CT molecular complexity index is 757. The summed E-state index contributed by atoms with van der Waals surface area (Å²) in [7, 11) is 0. The summed E-state index contributed by atoms with van der Waals surface area (Å²) in [4.78, 5) is 43.0. The molecule has 2 aliphatic rings. The number of aromatic nitrogens is 4. The zero-order valence-electron chi connectivity index (χ0n) is 14.8. The number of aromatic amines is 2. The molecule has 26 heavy (non-hydrogen) atoms. The molecule has 2 aromatic rings. The minimum absolute atomic E-state index is 0.00238. The quantitative estimate of drug-likeness (QED) is 0.860. The highest BCUT2D eigenvalue weighted by molar-refractivity contribution is 5.90. The summed E-state index contributed by atoms with van der Waals surface area (Å²) in [6.07, 6.45) is 10.9. The zero-order chi connectivity index (χ0) is 18.0. The van der Waals surface area contributed by atoms with E-state index in [1.165, 1.54) is 0 Å². The molecule has 2 N–H and O–H groups in total. The Morgan fingerprint density at radius 1 is 1.27 bits per heavy atom. The lowest BCUT2D eigenvalue weighted by molar-refractivity contribution is -0.138. The number of hydrogen-bond donors (Lipinski definition) is 2. The fourth-order valence-corrected chi connectivity index (χ4v) is 4.23. The van der Waals surface area contributed by atoms with Crippen molar-refractivity contribution in [2.45, 2.75) is 32.1 Å². The van der Waals surface area contributed by atoms with Gasteiger partial charge in [0.2, 0.25) is 5.91 Å². The fraction of sp³-hybridized carbons (Fsp3) is 0.556. The van der Waals surface area contributed by atoms with Crippen molar-refractivity contribution in [2.24, 2.45) is 5.41 Å². The predicted molar refractivity (Wildman–Crippen MR) is 94.3 cm³/mol. The summed E-state index contributed by atoms with van der Waals surface area (Å²) in [6.45, 7) is 2.86. The standard InChI is InChI=1S/C18H24N6O2/c25-15-2-5-18(11-23(15)9-3-14-10-19-13-22-14)4-1-8-24(12-18)17(26)16-20-6-7-21-16/h6-7,10,13H,1-5,8-9,11-12H2,(H,19,22)(H,20,21)/t18-/m1/s1. The lowest BCUT2D eigenvalue weighted by Crippen LogP contribution is -2.55. The topological polar surface area (TPSA) is 98.0 Å². The number of rotatable bonds is 4. The zero-order valence-corrected chi connectivity index (χ0v) is 14.8. The highest BCUT2D eigenvalue weighted by Crippen LogP contribution is 2.39. The highest BCUT2D eigenvalue weighted by atomic mass is 16.2.